The van der Waals surface area contributed by atoms with E-state index in [4.69, 9.17) is 0 Å². The van der Waals surface area contributed by atoms with E-state index in [0.29, 0.717) is 6.04 Å². The first-order valence-electron chi connectivity index (χ1n) is 6.08. The number of hydrogen-bond donors (Lipinski definition) is 2. The van der Waals surface area contributed by atoms with Crippen LogP contribution in [0.4, 0.5) is 0 Å². The molecular weight excluding hydrogens is 198 g/mol. The molecule has 1 saturated heterocycles. The number of benzene rings is 1. The van der Waals surface area contributed by atoms with Crippen molar-refractivity contribution in [2.45, 2.75) is 31.7 Å². The zero-order chi connectivity index (χ0) is 10.8. The summed E-state index contributed by atoms with van der Waals surface area (Å²) in [7, 11) is 0. The predicted molar refractivity (Wildman–Crippen MR) is 65.4 cm³/mol. The van der Waals surface area contributed by atoms with Crippen molar-refractivity contribution in [3.05, 3.63) is 30.0 Å². The van der Waals surface area contributed by atoms with Crippen molar-refractivity contribution in [1.82, 2.24) is 15.5 Å². The van der Waals surface area contributed by atoms with E-state index in [-0.39, 0.29) is 0 Å². The highest BCUT2D eigenvalue weighted by Crippen LogP contribution is 2.19. The molecule has 2 aromatic rings. The molecule has 3 nitrogen and oxygen atoms in total. The summed E-state index contributed by atoms with van der Waals surface area (Å²) in [4.78, 5) is 0. The molecule has 2 heterocycles. The summed E-state index contributed by atoms with van der Waals surface area (Å²) >= 11 is 0. The van der Waals surface area contributed by atoms with E-state index in [9.17, 15) is 0 Å². The molecule has 84 valence electrons. The van der Waals surface area contributed by atoms with Crippen LogP contribution in [0.1, 0.15) is 24.8 Å². The highest BCUT2D eigenvalue weighted by molar-refractivity contribution is 5.81. The summed E-state index contributed by atoms with van der Waals surface area (Å²) in [6.07, 6.45) is 6.98. The Kier molecular flexibility index (Phi) is 2.62. The molecule has 16 heavy (non-hydrogen) atoms. The Morgan fingerprint density at radius 3 is 3.19 bits per heavy atom. The number of hydrogen-bond acceptors (Lipinski definition) is 2. The molecule has 1 fully saturated rings. The number of para-hydroxylation sites is 1. The maximum atomic E-state index is 4.11. The molecule has 3 rings (SSSR count). The fourth-order valence-corrected chi connectivity index (χ4v) is 2.56. The van der Waals surface area contributed by atoms with Crippen molar-refractivity contribution in [2.24, 2.45) is 0 Å². The van der Waals surface area contributed by atoms with Gasteiger partial charge in [-0.3, -0.25) is 5.10 Å². The van der Waals surface area contributed by atoms with E-state index in [1.165, 1.54) is 42.3 Å². The Hall–Kier alpha value is -1.35. The number of fused-ring (bicyclic) bond motifs is 1. The molecule has 0 spiro atoms. The van der Waals surface area contributed by atoms with Gasteiger partial charge in [0, 0.05) is 11.4 Å². The maximum Gasteiger partial charge on any atom is 0.0682 e. The zero-order valence-corrected chi connectivity index (χ0v) is 9.37. The van der Waals surface area contributed by atoms with Gasteiger partial charge in [-0.2, -0.15) is 5.10 Å². The smallest absolute Gasteiger partial charge is 0.0682 e. The summed E-state index contributed by atoms with van der Waals surface area (Å²) in [5, 5.41) is 12.0. The lowest BCUT2D eigenvalue weighted by atomic mass is 9.97. The second kappa shape index (κ2) is 4.26. The molecule has 0 amide bonds. The second-order valence-electron chi connectivity index (χ2n) is 4.60. The van der Waals surface area contributed by atoms with Gasteiger partial charge in [0.1, 0.15) is 0 Å². The summed E-state index contributed by atoms with van der Waals surface area (Å²) in [6, 6.07) is 7.08. The molecule has 1 aliphatic rings. The van der Waals surface area contributed by atoms with Gasteiger partial charge in [-0.05, 0) is 31.4 Å². The SMILES string of the molecule is c1cc(CC2CCCCN2)c2[nH]ncc2c1. The standard InChI is InChI=1S/C13H17N3/c1-2-7-14-12(6-1)8-10-4-3-5-11-9-15-16-13(10)11/h3-5,9,12,14H,1-2,6-8H2,(H,15,16). The number of rotatable bonds is 2. The van der Waals surface area contributed by atoms with E-state index in [2.05, 4.69) is 33.7 Å². The maximum absolute atomic E-state index is 4.11. The third-order valence-corrected chi connectivity index (χ3v) is 3.44. The molecule has 0 bridgehead atoms. The number of aromatic amines is 1. The number of nitrogens with zero attached hydrogens (tertiary/aromatic N) is 1. The van der Waals surface area contributed by atoms with Crippen LogP contribution in [-0.2, 0) is 6.42 Å². The molecule has 1 unspecified atom stereocenters. The van der Waals surface area contributed by atoms with Gasteiger partial charge in [-0.25, -0.2) is 0 Å². The molecule has 1 aromatic carbocycles. The van der Waals surface area contributed by atoms with Crippen LogP contribution in [0.15, 0.2) is 24.4 Å². The molecule has 1 atom stereocenters. The van der Waals surface area contributed by atoms with E-state index in [1.54, 1.807) is 0 Å². The molecule has 0 aliphatic carbocycles. The van der Waals surface area contributed by atoms with Crippen molar-refractivity contribution >= 4 is 10.9 Å². The monoisotopic (exact) mass is 215 g/mol. The van der Waals surface area contributed by atoms with E-state index < -0.39 is 0 Å². The van der Waals surface area contributed by atoms with Crippen molar-refractivity contribution in [3.63, 3.8) is 0 Å². The number of nitrogens with one attached hydrogen (secondary N) is 2. The van der Waals surface area contributed by atoms with Crippen LogP contribution in [0.5, 0.6) is 0 Å². The van der Waals surface area contributed by atoms with Crippen molar-refractivity contribution < 1.29 is 0 Å². The Bertz CT molecular complexity index is 469. The molecule has 2 N–H and O–H groups in total. The van der Waals surface area contributed by atoms with Gasteiger partial charge in [0.05, 0.1) is 11.7 Å². The van der Waals surface area contributed by atoms with Crippen LogP contribution in [0, 0.1) is 0 Å². The fraction of sp³-hybridized carbons (Fsp3) is 0.462. The van der Waals surface area contributed by atoms with Gasteiger partial charge >= 0.3 is 0 Å². The highest BCUT2D eigenvalue weighted by Gasteiger charge is 2.14. The molecule has 1 aliphatic heterocycles. The topological polar surface area (TPSA) is 40.7 Å². The van der Waals surface area contributed by atoms with Gasteiger partial charge in [-0.15, -0.1) is 0 Å². The summed E-state index contributed by atoms with van der Waals surface area (Å²) in [5.41, 5.74) is 2.59. The van der Waals surface area contributed by atoms with Crippen molar-refractivity contribution in [2.75, 3.05) is 6.54 Å². The second-order valence-corrected chi connectivity index (χ2v) is 4.60. The summed E-state index contributed by atoms with van der Waals surface area (Å²) < 4.78 is 0. The lowest BCUT2D eigenvalue weighted by molar-refractivity contribution is 0.400. The van der Waals surface area contributed by atoms with Crippen LogP contribution in [0.3, 0.4) is 0 Å². The number of aromatic nitrogens is 2. The third-order valence-electron chi connectivity index (χ3n) is 3.44. The van der Waals surface area contributed by atoms with Gasteiger partial charge in [-0.1, -0.05) is 24.6 Å². The quantitative estimate of drug-likeness (QED) is 0.806. The minimum atomic E-state index is 0.641. The first-order chi connectivity index (χ1) is 7.93. The van der Waals surface area contributed by atoms with Crippen LogP contribution in [0.2, 0.25) is 0 Å². The zero-order valence-electron chi connectivity index (χ0n) is 9.37. The van der Waals surface area contributed by atoms with E-state index in [1.807, 2.05) is 6.20 Å². The summed E-state index contributed by atoms with van der Waals surface area (Å²) in [5.74, 6) is 0. The van der Waals surface area contributed by atoms with E-state index in [0.717, 1.165) is 6.42 Å². The van der Waals surface area contributed by atoms with Crippen LogP contribution < -0.4 is 5.32 Å². The number of piperidine rings is 1. The minimum absolute atomic E-state index is 0.641. The Morgan fingerprint density at radius 1 is 1.31 bits per heavy atom. The predicted octanol–water partition coefficient (Wildman–Crippen LogP) is 2.25. The first-order valence-corrected chi connectivity index (χ1v) is 6.08. The molecule has 1 aromatic heterocycles. The van der Waals surface area contributed by atoms with Gasteiger partial charge in [0.15, 0.2) is 0 Å². The van der Waals surface area contributed by atoms with Crippen LogP contribution in [-0.4, -0.2) is 22.8 Å². The van der Waals surface area contributed by atoms with Gasteiger partial charge in [0.2, 0.25) is 0 Å². The molecule has 3 heteroatoms. The van der Waals surface area contributed by atoms with Crippen molar-refractivity contribution in [1.29, 1.82) is 0 Å². The molecular formula is C13H17N3. The van der Waals surface area contributed by atoms with Crippen LogP contribution >= 0.6 is 0 Å². The molecule has 0 saturated carbocycles. The average Bonchev–Trinajstić information content (AvgIpc) is 2.80. The summed E-state index contributed by atoms with van der Waals surface area (Å²) in [6.45, 7) is 1.17. The first kappa shape index (κ1) is 9.85. The van der Waals surface area contributed by atoms with Gasteiger partial charge < -0.3 is 5.32 Å². The molecule has 0 radical (unpaired) electrons. The number of H-pyrrole nitrogens is 1. The van der Waals surface area contributed by atoms with Gasteiger partial charge in [0.25, 0.3) is 0 Å². The highest BCUT2D eigenvalue weighted by atomic mass is 15.1. The Balaban J connectivity index is 1.85. The Labute approximate surface area is 95.2 Å². The lowest BCUT2D eigenvalue weighted by Crippen LogP contribution is -2.35. The fourth-order valence-electron chi connectivity index (χ4n) is 2.56. The normalized spacial score (nSPS) is 21.4. The largest absolute Gasteiger partial charge is 0.314 e. The Morgan fingerprint density at radius 2 is 2.31 bits per heavy atom. The third kappa shape index (κ3) is 1.83. The minimum Gasteiger partial charge on any atom is -0.314 e. The van der Waals surface area contributed by atoms with Crippen LogP contribution in [0.25, 0.3) is 10.9 Å². The van der Waals surface area contributed by atoms with Crippen molar-refractivity contribution in [3.8, 4) is 0 Å². The van der Waals surface area contributed by atoms with E-state index >= 15 is 0 Å². The lowest BCUT2D eigenvalue weighted by Gasteiger charge is -2.23. The average molecular weight is 215 g/mol.